The molecule has 1 fully saturated rings. The molecule has 29 heavy (non-hydrogen) atoms. The quantitative estimate of drug-likeness (QED) is 0.411. The highest BCUT2D eigenvalue weighted by Gasteiger charge is 2.22. The maximum absolute atomic E-state index is 13.1. The fourth-order valence-electron chi connectivity index (χ4n) is 3.80. The van der Waals surface area contributed by atoms with Crippen molar-refractivity contribution in [3.05, 3.63) is 74.3 Å². The van der Waals surface area contributed by atoms with Crippen LogP contribution in [0.1, 0.15) is 49.4 Å². The van der Waals surface area contributed by atoms with E-state index in [-0.39, 0.29) is 17.0 Å². The first kappa shape index (κ1) is 18.8. The van der Waals surface area contributed by atoms with Crippen molar-refractivity contribution >= 4 is 22.8 Å². The lowest BCUT2D eigenvalue weighted by Crippen LogP contribution is -2.25. The molecule has 8 heteroatoms. The third-order valence-corrected chi connectivity index (χ3v) is 5.30. The van der Waals surface area contributed by atoms with Crippen molar-refractivity contribution in [2.24, 2.45) is 5.10 Å². The van der Waals surface area contributed by atoms with E-state index < -0.39 is 16.4 Å². The standard InChI is InChI=1S/C21H20N4O4/c26-19-15(9-6-12-18(19)25(28)29)13-22-24-20(14-7-2-1-3-8-14)23-17-11-5-4-10-16(17)21(24)27/h4-6,9-14,26H,1-3,7-8H2. The lowest BCUT2D eigenvalue weighted by molar-refractivity contribution is -0.385. The first-order valence-corrected chi connectivity index (χ1v) is 9.58. The van der Waals surface area contributed by atoms with Crippen molar-refractivity contribution in [2.45, 2.75) is 38.0 Å². The van der Waals surface area contributed by atoms with Gasteiger partial charge in [0.2, 0.25) is 5.75 Å². The van der Waals surface area contributed by atoms with Crippen LogP contribution in [0.4, 0.5) is 5.69 Å². The number of hydrogen-bond acceptors (Lipinski definition) is 6. The Kier molecular flexibility index (Phi) is 5.07. The molecule has 0 saturated heterocycles. The van der Waals surface area contributed by atoms with Crippen molar-refractivity contribution < 1.29 is 10.0 Å². The summed E-state index contributed by atoms with van der Waals surface area (Å²) in [5.41, 5.74) is 0.0827. The first-order chi connectivity index (χ1) is 14.1. The number of hydrogen-bond donors (Lipinski definition) is 1. The molecule has 1 aliphatic carbocycles. The van der Waals surface area contributed by atoms with E-state index in [0.29, 0.717) is 16.7 Å². The van der Waals surface area contributed by atoms with Crippen molar-refractivity contribution in [3.63, 3.8) is 0 Å². The zero-order chi connectivity index (χ0) is 20.4. The number of rotatable bonds is 4. The molecule has 1 N–H and O–H groups in total. The predicted molar refractivity (Wildman–Crippen MR) is 110 cm³/mol. The van der Waals surface area contributed by atoms with E-state index in [1.807, 2.05) is 12.1 Å². The number of aromatic hydroxyl groups is 1. The number of benzene rings is 2. The van der Waals surface area contributed by atoms with E-state index in [2.05, 4.69) is 5.10 Å². The maximum Gasteiger partial charge on any atom is 0.311 e. The monoisotopic (exact) mass is 392 g/mol. The molecule has 3 aromatic rings. The van der Waals surface area contributed by atoms with Gasteiger partial charge in [0, 0.05) is 17.5 Å². The van der Waals surface area contributed by atoms with Gasteiger partial charge in [-0.2, -0.15) is 9.78 Å². The number of aromatic nitrogens is 2. The van der Waals surface area contributed by atoms with Gasteiger partial charge >= 0.3 is 5.69 Å². The van der Waals surface area contributed by atoms with Gasteiger partial charge in [0.1, 0.15) is 5.82 Å². The maximum atomic E-state index is 13.1. The average molecular weight is 392 g/mol. The second kappa shape index (κ2) is 7.83. The van der Waals surface area contributed by atoms with Crippen LogP contribution in [-0.2, 0) is 0 Å². The summed E-state index contributed by atoms with van der Waals surface area (Å²) >= 11 is 0. The lowest BCUT2D eigenvalue weighted by Gasteiger charge is -2.22. The topological polar surface area (TPSA) is 111 Å². The van der Waals surface area contributed by atoms with E-state index in [9.17, 15) is 20.0 Å². The van der Waals surface area contributed by atoms with Gasteiger partial charge < -0.3 is 5.11 Å². The molecule has 0 amide bonds. The van der Waals surface area contributed by atoms with Crippen molar-refractivity contribution in [3.8, 4) is 5.75 Å². The largest absolute Gasteiger partial charge is 0.502 e. The molecule has 0 aliphatic heterocycles. The minimum absolute atomic E-state index is 0.122. The number of fused-ring (bicyclic) bond motifs is 1. The van der Waals surface area contributed by atoms with E-state index in [4.69, 9.17) is 4.98 Å². The molecule has 0 radical (unpaired) electrons. The summed E-state index contributed by atoms with van der Waals surface area (Å²) in [7, 11) is 0. The number of nitrogens with zero attached hydrogens (tertiary/aromatic N) is 4. The summed E-state index contributed by atoms with van der Waals surface area (Å²) in [6, 6.07) is 11.3. The van der Waals surface area contributed by atoms with E-state index in [1.165, 1.54) is 35.5 Å². The van der Waals surface area contributed by atoms with E-state index in [0.717, 1.165) is 25.7 Å². The fraction of sp³-hybridized carbons (Fsp3) is 0.286. The smallest absolute Gasteiger partial charge is 0.311 e. The van der Waals surface area contributed by atoms with Gasteiger partial charge in [0.05, 0.1) is 22.0 Å². The average Bonchev–Trinajstić information content (AvgIpc) is 2.74. The zero-order valence-electron chi connectivity index (χ0n) is 15.7. The van der Waals surface area contributed by atoms with Crippen molar-refractivity contribution in [1.82, 2.24) is 9.66 Å². The van der Waals surface area contributed by atoms with Gasteiger partial charge in [0.25, 0.3) is 5.56 Å². The van der Waals surface area contributed by atoms with Gasteiger partial charge in [-0.1, -0.05) is 37.5 Å². The van der Waals surface area contributed by atoms with Crippen LogP contribution in [0.5, 0.6) is 5.75 Å². The third kappa shape index (κ3) is 3.61. The Balaban J connectivity index is 1.85. The summed E-state index contributed by atoms with van der Waals surface area (Å²) in [5, 5.41) is 26.0. The minimum Gasteiger partial charge on any atom is -0.502 e. The Labute approximate surface area is 166 Å². The van der Waals surface area contributed by atoms with Crippen LogP contribution in [0.2, 0.25) is 0 Å². The van der Waals surface area contributed by atoms with Gasteiger partial charge in [-0.15, -0.1) is 0 Å². The molecule has 1 saturated carbocycles. The van der Waals surface area contributed by atoms with Gasteiger partial charge in [-0.25, -0.2) is 4.98 Å². The fourth-order valence-corrected chi connectivity index (χ4v) is 3.80. The van der Waals surface area contributed by atoms with Crippen molar-refractivity contribution in [1.29, 1.82) is 0 Å². The Hall–Kier alpha value is -3.55. The van der Waals surface area contributed by atoms with E-state index >= 15 is 0 Å². The number of nitro groups is 1. The van der Waals surface area contributed by atoms with Crippen LogP contribution in [-0.4, -0.2) is 25.9 Å². The van der Waals surface area contributed by atoms with Crippen LogP contribution in [0.3, 0.4) is 0 Å². The molecule has 1 aromatic heterocycles. The third-order valence-electron chi connectivity index (χ3n) is 5.30. The lowest BCUT2D eigenvalue weighted by atomic mass is 9.88. The molecule has 2 aromatic carbocycles. The van der Waals surface area contributed by atoms with Gasteiger partial charge in [-0.3, -0.25) is 14.9 Å². The predicted octanol–water partition coefficient (Wildman–Crippen LogP) is 3.94. The number of nitro benzene ring substituents is 1. The molecule has 4 rings (SSSR count). The summed E-state index contributed by atoms with van der Waals surface area (Å²) < 4.78 is 1.27. The molecular formula is C21H20N4O4. The molecule has 0 atom stereocenters. The second-order valence-electron chi connectivity index (χ2n) is 7.16. The van der Waals surface area contributed by atoms with E-state index in [1.54, 1.807) is 12.1 Å². The minimum atomic E-state index is -0.663. The molecule has 148 valence electrons. The highest BCUT2D eigenvalue weighted by molar-refractivity contribution is 5.85. The Morgan fingerprint density at radius 1 is 1.14 bits per heavy atom. The number of phenols is 1. The molecule has 0 unspecified atom stereocenters. The first-order valence-electron chi connectivity index (χ1n) is 9.58. The Morgan fingerprint density at radius 2 is 1.90 bits per heavy atom. The molecule has 0 bridgehead atoms. The SMILES string of the molecule is O=c1c2ccccc2nc(C2CCCCC2)n1N=Cc1cccc([N+](=O)[O-])c1O. The summed E-state index contributed by atoms with van der Waals surface area (Å²) in [6.45, 7) is 0. The van der Waals surface area contributed by atoms with Crippen LogP contribution < -0.4 is 5.56 Å². The van der Waals surface area contributed by atoms with Crippen LogP contribution >= 0.6 is 0 Å². The summed E-state index contributed by atoms with van der Waals surface area (Å²) in [5.74, 6) is 0.230. The van der Waals surface area contributed by atoms with Crippen LogP contribution in [0.25, 0.3) is 10.9 Å². The normalized spacial score (nSPS) is 15.2. The van der Waals surface area contributed by atoms with Crippen molar-refractivity contribution in [2.75, 3.05) is 0 Å². The molecular weight excluding hydrogens is 372 g/mol. The van der Waals surface area contributed by atoms with Crippen LogP contribution in [0.15, 0.2) is 52.4 Å². The molecule has 1 heterocycles. The summed E-state index contributed by atoms with van der Waals surface area (Å²) in [4.78, 5) is 28.2. The Morgan fingerprint density at radius 3 is 2.66 bits per heavy atom. The summed E-state index contributed by atoms with van der Waals surface area (Å²) in [6.07, 6.45) is 6.45. The highest BCUT2D eigenvalue weighted by atomic mass is 16.6. The highest BCUT2D eigenvalue weighted by Crippen LogP contribution is 2.32. The number of para-hydroxylation sites is 2. The molecule has 1 aliphatic rings. The zero-order valence-corrected chi connectivity index (χ0v) is 15.7. The van der Waals surface area contributed by atoms with Crippen LogP contribution in [0, 0.1) is 10.1 Å². The van der Waals surface area contributed by atoms with Gasteiger partial charge in [-0.05, 0) is 31.0 Å². The van der Waals surface area contributed by atoms with Gasteiger partial charge in [0.15, 0.2) is 0 Å². The Bertz CT molecular complexity index is 1160. The number of phenolic OH excluding ortho intramolecular Hbond substituents is 1. The molecule has 8 nitrogen and oxygen atoms in total. The molecule has 0 spiro atoms. The second-order valence-corrected chi connectivity index (χ2v) is 7.16.